The number of carbonyl (C=O) groups is 3. The van der Waals surface area contributed by atoms with Gasteiger partial charge in [-0.1, -0.05) is 42.5 Å². The molecule has 6 nitrogen and oxygen atoms in total. The molecule has 0 radical (unpaired) electrons. The van der Waals surface area contributed by atoms with E-state index >= 15 is 0 Å². The molecule has 0 aromatic heterocycles. The van der Waals surface area contributed by atoms with Crippen LogP contribution in [-0.4, -0.2) is 41.9 Å². The largest absolute Gasteiger partial charge is 0.449 e. The molecule has 1 atom stereocenters. The van der Waals surface area contributed by atoms with Gasteiger partial charge in [-0.2, -0.15) is 0 Å². The van der Waals surface area contributed by atoms with Crippen LogP contribution in [0.5, 0.6) is 0 Å². The van der Waals surface area contributed by atoms with Gasteiger partial charge in [-0.25, -0.2) is 4.79 Å². The fourth-order valence-corrected chi connectivity index (χ4v) is 2.81. The molecular formula is C22H24N2O4. The van der Waals surface area contributed by atoms with Crippen molar-refractivity contribution in [2.24, 2.45) is 0 Å². The van der Waals surface area contributed by atoms with E-state index in [2.05, 4.69) is 5.32 Å². The molecular weight excluding hydrogens is 356 g/mol. The summed E-state index contributed by atoms with van der Waals surface area (Å²) >= 11 is 0. The van der Waals surface area contributed by atoms with Gasteiger partial charge in [0, 0.05) is 19.6 Å². The van der Waals surface area contributed by atoms with Crippen molar-refractivity contribution in [3.05, 3.63) is 71.3 Å². The van der Waals surface area contributed by atoms with Gasteiger partial charge in [-0.05, 0) is 37.5 Å². The van der Waals surface area contributed by atoms with Crippen LogP contribution in [0.15, 0.2) is 54.6 Å². The highest BCUT2D eigenvalue weighted by atomic mass is 16.5. The third kappa shape index (κ3) is 4.97. The molecule has 0 aliphatic heterocycles. The Morgan fingerprint density at radius 3 is 2.29 bits per heavy atom. The zero-order chi connectivity index (χ0) is 20.1. The minimum absolute atomic E-state index is 0.151. The van der Waals surface area contributed by atoms with Gasteiger partial charge in [0.1, 0.15) is 0 Å². The average molecular weight is 380 g/mol. The molecule has 6 heteroatoms. The molecule has 1 aliphatic rings. The SMILES string of the molecule is C[C@@H](OC(=O)c1ccccc1C(=O)N(C)Cc1ccccc1)C(=O)NC1CC1. The van der Waals surface area contributed by atoms with E-state index in [1.54, 1.807) is 30.1 Å². The minimum Gasteiger partial charge on any atom is -0.449 e. The highest BCUT2D eigenvalue weighted by Gasteiger charge is 2.28. The molecule has 1 N–H and O–H groups in total. The van der Waals surface area contributed by atoms with Crippen LogP contribution in [-0.2, 0) is 16.1 Å². The van der Waals surface area contributed by atoms with Crippen LogP contribution in [0.25, 0.3) is 0 Å². The van der Waals surface area contributed by atoms with Crippen LogP contribution in [0, 0.1) is 0 Å². The second-order valence-electron chi connectivity index (χ2n) is 7.02. The van der Waals surface area contributed by atoms with Crippen molar-refractivity contribution in [3.8, 4) is 0 Å². The van der Waals surface area contributed by atoms with Gasteiger partial charge in [-0.15, -0.1) is 0 Å². The van der Waals surface area contributed by atoms with Gasteiger partial charge >= 0.3 is 5.97 Å². The van der Waals surface area contributed by atoms with Crippen molar-refractivity contribution < 1.29 is 19.1 Å². The topological polar surface area (TPSA) is 75.7 Å². The van der Waals surface area contributed by atoms with Crippen molar-refractivity contribution in [2.75, 3.05) is 7.05 Å². The smallest absolute Gasteiger partial charge is 0.339 e. The number of rotatable bonds is 7. The molecule has 2 aromatic carbocycles. The Kier molecular flexibility index (Phi) is 6.09. The van der Waals surface area contributed by atoms with Crippen LogP contribution in [0.1, 0.15) is 46.0 Å². The molecule has 0 heterocycles. The predicted molar refractivity (Wildman–Crippen MR) is 105 cm³/mol. The number of ether oxygens (including phenoxy) is 1. The van der Waals surface area contributed by atoms with Crippen LogP contribution < -0.4 is 5.32 Å². The van der Waals surface area contributed by atoms with E-state index in [4.69, 9.17) is 4.74 Å². The van der Waals surface area contributed by atoms with Gasteiger partial charge in [0.2, 0.25) is 0 Å². The van der Waals surface area contributed by atoms with Crippen molar-refractivity contribution in [1.82, 2.24) is 10.2 Å². The minimum atomic E-state index is -0.918. The molecule has 3 rings (SSSR count). The Morgan fingerprint density at radius 1 is 1.04 bits per heavy atom. The molecule has 1 fully saturated rings. The number of amides is 2. The summed E-state index contributed by atoms with van der Waals surface area (Å²) in [5.41, 5.74) is 1.39. The van der Waals surface area contributed by atoms with E-state index in [0.717, 1.165) is 18.4 Å². The van der Waals surface area contributed by atoms with Crippen molar-refractivity contribution >= 4 is 17.8 Å². The second-order valence-corrected chi connectivity index (χ2v) is 7.02. The highest BCUT2D eigenvalue weighted by Crippen LogP contribution is 2.19. The first-order chi connectivity index (χ1) is 13.5. The first-order valence-corrected chi connectivity index (χ1v) is 9.35. The number of esters is 1. The number of carbonyl (C=O) groups excluding carboxylic acids is 3. The standard InChI is InChI=1S/C22H24N2O4/c1-15(20(25)23-17-12-13-17)28-22(27)19-11-7-6-10-18(19)21(26)24(2)14-16-8-4-3-5-9-16/h3-11,15,17H,12-14H2,1-2H3,(H,23,25)/t15-/m1/s1. The number of benzene rings is 2. The van der Waals surface area contributed by atoms with E-state index in [0.29, 0.717) is 6.54 Å². The number of hydrogen-bond donors (Lipinski definition) is 1. The average Bonchev–Trinajstić information content (AvgIpc) is 3.52. The Labute approximate surface area is 164 Å². The molecule has 28 heavy (non-hydrogen) atoms. The quantitative estimate of drug-likeness (QED) is 0.750. The Balaban J connectivity index is 1.69. The fraction of sp³-hybridized carbons (Fsp3) is 0.318. The lowest BCUT2D eigenvalue weighted by Gasteiger charge is -2.19. The first-order valence-electron chi connectivity index (χ1n) is 9.35. The van der Waals surface area contributed by atoms with Crippen LogP contribution in [0.3, 0.4) is 0 Å². The number of nitrogens with one attached hydrogen (secondary N) is 1. The third-order valence-corrected chi connectivity index (χ3v) is 4.56. The zero-order valence-corrected chi connectivity index (χ0v) is 16.1. The molecule has 0 saturated heterocycles. The van der Waals surface area contributed by atoms with Crippen LogP contribution >= 0.6 is 0 Å². The molecule has 1 saturated carbocycles. The second kappa shape index (κ2) is 8.69. The van der Waals surface area contributed by atoms with Gasteiger partial charge in [0.25, 0.3) is 11.8 Å². The summed E-state index contributed by atoms with van der Waals surface area (Å²) in [6, 6.07) is 16.3. The lowest BCUT2D eigenvalue weighted by Crippen LogP contribution is -2.37. The number of nitrogens with zero attached hydrogens (tertiary/aromatic N) is 1. The van der Waals surface area contributed by atoms with E-state index in [9.17, 15) is 14.4 Å². The third-order valence-electron chi connectivity index (χ3n) is 4.56. The van der Waals surface area contributed by atoms with Gasteiger partial charge in [-0.3, -0.25) is 9.59 Å². The molecule has 146 valence electrons. The summed E-state index contributed by atoms with van der Waals surface area (Å²) in [7, 11) is 1.68. The molecule has 0 unspecified atom stereocenters. The lowest BCUT2D eigenvalue weighted by atomic mass is 10.1. The molecule has 0 spiro atoms. The summed E-state index contributed by atoms with van der Waals surface area (Å²) in [5, 5.41) is 2.80. The van der Waals surface area contributed by atoms with Crippen LogP contribution in [0.2, 0.25) is 0 Å². The summed E-state index contributed by atoms with van der Waals surface area (Å²) < 4.78 is 5.29. The zero-order valence-electron chi connectivity index (χ0n) is 16.1. The normalized spacial score (nSPS) is 14.1. The summed E-state index contributed by atoms with van der Waals surface area (Å²) in [6.45, 7) is 1.95. The maximum absolute atomic E-state index is 12.9. The summed E-state index contributed by atoms with van der Waals surface area (Å²) in [5.74, 6) is -1.29. The van der Waals surface area contributed by atoms with Crippen LogP contribution in [0.4, 0.5) is 0 Å². The van der Waals surface area contributed by atoms with Gasteiger partial charge in [0.05, 0.1) is 11.1 Å². The fourth-order valence-electron chi connectivity index (χ4n) is 2.81. The van der Waals surface area contributed by atoms with Crippen molar-refractivity contribution in [3.63, 3.8) is 0 Å². The summed E-state index contributed by atoms with van der Waals surface area (Å²) in [4.78, 5) is 39.1. The molecule has 2 aromatic rings. The van der Waals surface area contributed by atoms with Gasteiger partial charge < -0.3 is 15.0 Å². The Hall–Kier alpha value is -3.15. The first kappa shape index (κ1) is 19.6. The van der Waals surface area contributed by atoms with E-state index in [1.165, 1.54) is 13.0 Å². The monoisotopic (exact) mass is 380 g/mol. The molecule has 0 bridgehead atoms. The number of hydrogen-bond acceptors (Lipinski definition) is 4. The molecule has 1 aliphatic carbocycles. The predicted octanol–water partition coefficient (Wildman–Crippen LogP) is 2.78. The van der Waals surface area contributed by atoms with Gasteiger partial charge in [0.15, 0.2) is 6.10 Å². The molecule has 2 amide bonds. The Bertz CT molecular complexity index is 862. The lowest BCUT2D eigenvalue weighted by molar-refractivity contribution is -0.129. The maximum atomic E-state index is 12.9. The Morgan fingerprint density at radius 2 is 1.64 bits per heavy atom. The van der Waals surface area contributed by atoms with Crippen molar-refractivity contribution in [1.29, 1.82) is 0 Å². The van der Waals surface area contributed by atoms with E-state index in [-0.39, 0.29) is 29.0 Å². The van der Waals surface area contributed by atoms with Crippen molar-refractivity contribution in [2.45, 2.75) is 38.5 Å². The highest BCUT2D eigenvalue weighted by molar-refractivity contribution is 6.05. The maximum Gasteiger partial charge on any atom is 0.339 e. The van der Waals surface area contributed by atoms with E-state index < -0.39 is 12.1 Å². The van der Waals surface area contributed by atoms with E-state index in [1.807, 2.05) is 30.3 Å². The summed E-state index contributed by atoms with van der Waals surface area (Å²) in [6.07, 6.45) is 0.993.